The number of thioether (sulfide) groups is 1. The first-order chi connectivity index (χ1) is 11.7. The molecule has 0 atom stereocenters. The van der Waals surface area contributed by atoms with E-state index in [1.807, 2.05) is 41.3 Å². The highest BCUT2D eigenvalue weighted by molar-refractivity contribution is 7.98. The van der Waals surface area contributed by atoms with Crippen LogP contribution in [0.3, 0.4) is 0 Å². The van der Waals surface area contributed by atoms with Gasteiger partial charge in [-0.25, -0.2) is 5.43 Å². The van der Waals surface area contributed by atoms with E-state index in [9.17, 15) is 4.79 Å². The fourth-order valence-corrected chi connectivity index (χ4v) is 3.32. The molecule has 0 saturated carbocycles. The highest BCUT2D eigenvalue weighted by Crippen LogP contribution is 2.20. The van der Waals surface area contributed by atoms with E-state index in [-0.39, 0.29) is 5.91 Å². The fourth-order valence-electron chi connectivity index (χ4n) is 1.89. The predicted molar refractivity (Wildman–Crippen MR) is 96.4 cm³/mol. The number of aromatic nitrogens is 3. The monoisotopic (exact) mass is 357 g/mol. The molecule has 1 aromatic carbocycles. The third-order valence-electron chi connectivity index (χ3n) is 3.15. The zero-order valence-electron chi connectivity index (χ0n) is 12.9. The number of nitrogens with zero attached hydrogens (tertiary/aromatic N) is 4. The summed E-state index contributed by atoms with van der Waals surface area (Å²) >= 11 is 3.16. The summed E-state index contributed by atoms with van der Waals surface area (Å²) < 4.78 is 1.87. The second kappa shape index (κ2) is 7.89. The van der Waals surface area contributed by atoms with Gasteiger partial charge in [0, 0.05) is 23.2 Å². The maximum atomic E-state index is 12.0. The van der Waals surface area contributed by atoms with E-state index in [1.165, 1.54) is 0 Å². The molecule has 122 valence electrons. The predicted octanol–water partition coefficient (Wildman–Crippen LogP) is 2.93. The Balaban J connectivity index is 1.53. The van der Waals surface area contributed by atoms with Gasteiger partial charge in [0.2, 0.25) is 0 Å². The molecule has 0 spiro atoms. The molecule has 0 unspecified atom stereocenters. The van der Waals surface area contributed by atoms with E-state index in [4.69, 9.17) is 0 Å². The quantitative estimate of drug-likeness (QED) is 0.418. The van der Waals surface area contributed by atoms with Crippen LogP contribution in [0.4, 0.5) is 0 Å². The topological polar surface area (TPSA) is 72.2 Å². The van der Waals surface area contributed by atoms with Gasteiger partial charge in [-0.05, 0) is 29.1 Å². The van der Waals surface area contributed by atoms with Crippen LogP contribution in [0.25, 0.3) is 0 Å². The minimum absolute atomic E-state index is 0.227. The SMILES string of the molecule is Cn1cnnc1SCc1ccc(C(=O)N/N=C\c2cccs2)cc1. The van der Waals surface area contributed by atoms with Crippen molar-refractivity contribution < 1.29 is 4.79 Å². The molecule has 0 saturated heterocycles. The van der Waals surface area contributed by atoms with Crippen LogP contribution in [0.2, 0.25) is 0 Å². The van der Waals surface area contributed by atoms with Crippen molar-refractivity contribution in [1.29, 1.82) is 0 Å². The molecular formula is C16H15N5OS2. The summed E-state index contributed by atoms with van der Waals surface area (Å²) in [5.74, 6) is 0.542. The number of rotatable bonds is 6. The van der Waals surface area contributed by atoms with Crippen molar-refractivity contribution in [3.63, 3.8) is 0 Å². The van der Waals surface area contributed by atoms with Gasteiger partial charge in [-0.1, -0.05) is 30.0 Å². The molecule has 6 nitrogen and oxygen atoms in total. The highest BCUT2D eigenvalue weighted by Gasteiger charge is 2.06. The van der Waals surface area contributed by atoms with Crippen LogP contribution < -0.4 is 5.43 Å². The lowest BCUT2D eigenvalue weighted by molar-refractivity contribution is 0.0955. The van der Waals surface area contributed by atoms with Gasteiger partial charge in [0.15, 0.2) is 5.16 Å². The van der Waals surface area contributed by atoms with Gasteiger partial charge in [-0.3, -0.25) is 4.79 Å². The van der Waals surface area contributed by atoms with Crippen molar-refractivity contribution >= 4 is 35.2 Å². The number of thiophene rings is 1. The molecule has 2 heterocycles. The average molecular weight is 357 g/mol. The molecule has 0 fully saturated rings. The summed E-state index contributed by atoms with van der Waals surface area (Å²) in [5.41, 5.74) is 4.22. The van der Waals surface area contributed by atoms with E-state index >= 15 is 0 Å². The number of nitrogens with one attached hydrogen (secondary N) is 1. The lowest BCUT2D eigenvalue weighted by atomic mass is 10.1. The van der Waals surface area contributed by atoms with Crippen LogP contribution in [0.1, 0.15) is 20.8 Å². The summed E-state index contributed by atoms with van der Waals surface area (Å²) in [5, 5.41) is 14.6. The molecule has 0 radical (unpaired) electrons. The van der Waals surface area contributed by atoms with E-state index in [0.717, 1.165) is 21.3 Å². The van der Waals surface area contributed by atoms with E-state index in [1.54, 1.807) is 47.8 Å². The van der Waals surface area contributed by atoms with Gasteiger partial charge >= 0.3 is 0 Å². The van der Waals surface area contributed by atoms with Gasteiger partial charge in [-0.15, -0.1) is 21.5 Å². The number of benzene rings is 1. The molecule has 2 aromatic heterocycles. The largest absolute Gasteiger partial charge is 0.312 e. The molecule has 3 aromatic rings. The zero-order chi connectivity index (χ0) is 16.8. The van der Waals surface area contributed by atoms with E-state index < -0.39 is 0 Å². The molecule has 0 bridgehead atoms. The molecule has 1 N–H and O–H groups in total. The molecule has 0 aliphatic rings. The second-order valence-electron chi connectivity index (χ2n) is 4.92. The van der Waals surface area contributed by atoms with E-state index in [0.29, 0.717) is 5.56 Å². The van der Waals surface area contributed by atoms with Crippen LogP contribution in [-0.4, -0.2) is 26.9 Å². The third-order valence-corrected chi connectivity index (χ3v) is 5.07. The van der Waals surface area contributed by atoms with Gasteiger partial charge in [0.1, 0.15) is 6.33 Å². The first-order valence-corrected chi connectivity index (χ1v) is 9.01. The van der Waals surface area contributed by atoms with Crippen molar-refractivity contribution in [3.05, 3.63) is 64.1 Å². The van der Waals surface area contributed by atoms with E-state index in [2.05, 4.69) is 20.7 Å². The average Bonchev–Trinajstić information content (AvgIpc) is 3.25. The Bertz CT molecular complexity index is 825. The standard InChI is InChI=1S/C16H15N5OS2/c1-21-11-18-20-16(21)24-10-12-4-6-13(7-5-12)15(22)19-17-9-14-3-2-8-23-14/h2-9,11H,10H2,1H3,(H,19,22)/b17-9-. The van der Waals surface area contributed by atoms with Crippen LogP contribution >= 0.6 is 23.1 Å². The molecule has 8 heteroatoms. The Morgan fingerprint density at radius 2 is 2.21 bits per heavy atom. The molecular weight excluding hydrogens is 342 g/mol. The summed E-state index contributed by atoms with van der Waals surface area (Å²) in [7, 11) is 1.91. The molecule has 24 heavy (non-hydrogen) atoms. The zero-order valence-corrected chi connectivity index (χ0v) is 14.5. The van der Waals surface area contributed by atoms with Crippen molar-refractivity contribution in [1.82, 2.24) is 20.2 Å². The number of hydrogen-bond acceptors (Lipinski definition) is 6. The molecule has 0 aliphatic heterocycles. The third kappa shape index (κ3) is 4.30. The Morgan fingerprint density at radius 1 is 1.38 bits per heavy atom. The highest BCUT2D eigenvalue weighted by atomic mass is 32.2. The Morgan fingerprint density at radius 3 is 2.88 bits per heavy atom. The number of amides is 1. The summed E-state index contributed by atoms with van der Waals surface area (Å²) in [6.45, 7) is 0. The van der Waals surface area contributed by atoms with Gasteiger partial charge in [0.25, 0.3) is 5.91 Å². The first-order valence-electron chi connectivity index (χ1n) is 7.15. The van der Waals surface area contributed by atoms with Crippen LogP contribution in [-0.2, 0) is 12.8 Å². The van der Waals surface area contributed by atoms with Crippen LogP contribution in [0, 0.1) is 0 Å². The van der Waals surface area contributed by atoms with Gasteiger partial charge in [-0.2, -0.15) is 5.10 Å². The Kier molecular flexibility index (Phi) is 5.39. The molecule has 0 aliphatic carbocycles. The Labute approximate surface area is 147 Å². The summed E-state index contributed by atoms with van der Waals surface area (Å²) in [6, 6.07) is 11.3. The summed E-state index contributed by atoms with van der Waals surface area (Å²) in [4.78, 5) is 13.0. The van der Waals surface area contributed by atoms with Crippen molar-refractivity contribution in [2.45, 2.75) is 10.9 Å². The van der Waals surface area contributed by atoms with Gasteiger partial charge in [0.05, 0.1) is 6.21 Å². The van der Waals surface area contributed by atoms with Crippen LogP contribution in [0.15, 0.2) is 58.4 Å². The smallest absolute Gasteiger partial charge is 0.271 e. The number of carbonyl (C=O) groups is 1. The van der Waals surface area contributed by atoms with Crippen LogP contribution in [0.5, 0.6) is 0 Å². The molecule has 3 rings (SSSR count). The Hall–Kier alpha value is -2.45. The second-order valence-corrected chi connectivity index (χ2v) is 6.85. The summed E-state index contributed by atoms with van der Waals surface area (Å²) in [6.07, 6.45) is 3.31. The maximum absolute atomic E-state index is 12.0. The lowest BCUT2D eigenvalue weighted by Crippen LogP contribution is -2.17. The fraction of sp³-hybridized carbons (Fsp3) is 0.125. The molecule has 1 amide bonds. The van der Waals surface area contributed by atoms with Crippen molar-refractivity contribution in [2.24, 2.45) is 12.1 Å². The first kappa shape index (κ1) is 16.4. The minimum Gasteiger partial charge on any atom is -0.312 e. The normalized spacial score (nSPS) is 11.0. The number of hydrogen-bond donors (Lipinski definition) is 1. The van der Waals surface area contributed by atoms with Crippen molar-refractivity contribution in [3.8, 4) is 0 Å². The van der Waals surface area contributed by atoms with Gasteiger partial charge < -0.3 is 4.57 Å². The number of carbonyl (C=O) groups excluding carboxylic acids is 1. The lowest BCUT2D eigenvalue weighted by Gasteiger charge is -2.03. The van der Waals surface area contributed by atoms with Crippen molar-refractivity contribution in [2.75, 3.05) is 0 Å². The number of hydrazone groups is 1. The maximum Gasteiger partial charge on any atom is 0.271 e. The minimum atomic E-state index is -0.227. The number of aryl methyl sites for hydroxylation is 1.